The maximum atomic E-state index is 11.7. The Labute approximate surface area is 110 Å². The standard InChI is InChI=1S/C11H13ClN2O2S/c1-6(10(13)17)11(15)14-7-3-4-8(12)9(5-7)16-2/h3-6H,1-2H3,(H2,13,17)(H,14,15). The topological polar surface area (TPSA) is 64.3 Å². The van der Waals surface area contributed by atoms with Crippen LogP contribution in [-0.2, 0) is 4.79 Å². The molecule has 0 heterocycles. The van der Waals surface area contributed by atoms with Gasteiger partial charge in [-0.1, -0.05) is 23.8 Å². The third-order valence-corrected chi connectivity index (χ3v) is 2.90. The van der Waals surface area contributed by atoms with Crippen molar-refractivity contribution in [2.45, 2.75) is 6.92 Å². The maximum absolute atomic E-state index is 11.7. The Balaban J connectivity index is 2.82. The van der Waals surface area contributed by atoms with Crippen LogP contribution in [0.15, 0.2) is 18.2 Å². The van der Waals surface area contributed by atoms with E-state index in [1.54, 1.807) is 25.1 Å². The summed E-state index contributed by atoms with van der Waals surface area (Å²) in [4.78, 5) is 11.8. The summed E-state index contributed by atoms with van der Waals surface area (Å²) < 4.78 is 5.04. The summed E-state index contributed by atoms with van der Waals surface area (Å²) in [6, 6.07) is 4.95. The molecule has 1 rings (SSSR count). The van der Waals surface area contributed by atoms with E-state index in [2.05, 4.69) is 5.32 Å². The highest BCUT2D eigenvalue weighted by molar-refractivity contribution is 7.80. The van der Waals surface area contributed by atoms with E-state index in [1.807, 2.05) is 0 Å². The SMILES string of the molecule is COc1cc(NC(=O)C(C)C(N)=S)ccc1Cl. The monoisotopic (exact) mass is 272 g/mol. The third kappa shape index (κ3) is 3.57. The highest BCUT2D eigenvalue weighted by Crippen LogP contribution is 2.27. The number of hydrogen-bond acceptors (Lipinski definition) is 3. The Morgan fingerprint density at radius 2 is 2.24 bits per heavy atom. The molecule has 0 radical (unpaired) electrons. The van der Waals surface area contributed by atoms with Crippen LogP contribution in [0.5, 0.6) is 5.75 Å². The van der Waals surface area contributed by atoms with Crippen molar-refractivity contribution in [2.75, 3.05) is 12.4 Å². The highest BCUT2D eigenvalue weighted by Gasteiger charge is 2.16. The fraction of sp³-hybridized carbons (Fsp3) is 0.273. The molecule has 0 saturated carbocycles. The lowest BCUT2D eigenvalue weighted by Gasteiger charge is -2.11. The first-order chi connectivity index (χ1) is 7.95. The molecule has 0 aliphatic rings. The third-order valence-electron chi connectivity index (χ3n) is 2.24. The zero-order valence-corrected chi connectivity index (χ0v) is 11.1. The minimum Gasteiger partial charge on any atom is -0.495 e. The average Bonchev–Trinajstić information content (AvgIpc) is 2.30. The zero-order chi connectivity index (χ0) is 13.0. The lowest BCUT2D eigenvalue weighted by molar-refractivity contribution is -0.117. The predicted molar refractivity (Wildman–Crippen MR) is 72.6 cm³/mol. The molecule has 0 aliphatic heterocycles. The number of thiocarbonyl (C=S) groups is 1. The van der Waals surface area contributed by atoms with Crippen LogP contribution < -0.4 is 15.8 Å². The van der Waals surface area contributed by atoms with Crippen molar-refractivity contribution < 1.29 is 9.53 Å². The number of rotatable bonds is 4. The molecule has 3 N–H and O–H groups in total. The molecule has 17 heavy (non-hydrogen) atoms. The van der Waals surface area contributed by atoms with Crippen molar-refractivity contribution in [1.29, 1.82) is 0 Å². The lowest BCUT2D eigenvalue weighted by Crippen LogP contribution is -2.30. The summed E-state index contributed by atoms with van der Waals surface area (Å²) in [5.41, 5.74) is 5.98. The quantitative estimate of drug-likeness (QED) is 0.825. The fourth-order valence-corrected chi connectivity index (χ4v) is 1.42. The minimum absolute atomic E-state index is 0.156. The van der Waals surface area contributed by atoms with Gasteiger partial charge < -0.3 is 15.8 Å². The summed E-state index contributed by atoms with van der Waals surface area (Å²) >= 11 is 10.6. The van der Waals surface area contributed by atoms with E-state index < -0.39 is 5.92 Å². The number of carbonyl (C=O) groups excluding carboxylic acids is 1. The predicted octanol–water partition coefficient (Wildman–Crippen LogP) is 2.21. The van der Waals surface area contributed by atoms with Gasteiger partial charge in [0.05, 0.1) is 23.0 Å². The molecule has 0 spiro atoms. The van der Waals surface area contributed by atoms with E-state index in [4.69, 9.17) is 34.3 Å². The number of methoxy groups -OCH3 is 1. The minimum atomic E-state index is -0.522. The van der Waals surface area contributed by atoms with Crippen LogP contribution in [0.1, 0.15) is 6.92 Å². The second kappa shape index (κ2) is 5.84. The molecule has 4 nitrogen and oxygen atoms in total. The largest absolute Gasteiger partial charge is 0.495 e. The summed E-state index contributed by atoms with van der Waals surface area (Å²) in [5, 5.41) is 3.16. The van der Waals surface area contributed by atoms with E-state index in [1.165, 1.54) is 7.11 Å². The molecule has 6 heteroatoms. The average molecular weight is 273 g/mol. The van der Waals surface area contributed by atoms with E-state index in [0.717, 1.165) is 0 Å². The summed E-state index contributed by atoms with van der Waals surface area (Å²) in [6.07, 6.45) is 0. The van der Waals surface area contributed by atoms with Crippen LogP contribution in [0.25, 0.3) is 0 Å². The number of halogens is 1. The first-order valence-electron chi connectivity index (χ1n) is 4.89. The van der Waals surface area contributed by atoms with E-state index in [0.29, 0.717) is 16.5 Å². The van der Waals surface area contributed by atoms with Gasteiger partial charge in [0.1, 0.15) is 5.75 Å². The normalized spacial score (nSPS) is 11.7. The Hall–Kier alpha value is -1.33. The molecule has 1 atom stereocenters. The highest BCUT2D eigenvalue weighted by atomic mass is 35.5. The van der Waals surface area contributed by atoms with E-state index in [9.17, 15) is 4.79 Å². The van der Waals surface area contributed by atoms with E-state index >= 15 is 0 Å². The molecule has 0 aromatic heterocycles. The molecular formula is C11H13ClN2O2S. The Morgan fingerprint density at radius 3 is 2.76 bits per heavy atom. The summed E-state index contributed by atoms with van der Waals surface area (Å²) in [7, 11) is 1.50. The van der Waals surface area contributed by atoms with Crippen LogP contribution in [-0.4, -0.2) is 18.0 Å². The van der Waals surface area contributed by atoms with Crippen molar-refractivity contribution in [1.82, 2.24) is 0 Å². The van der Waals surface area contributed by atoms with Gasteiger partial charge in [-0.25, -0.2) is 0 Å². The number of ether oxygens (including phenoxy) is 1. The Bertz CT molecular complexity index is 451. The van der Waals surface area contributed by atoms with Gasteiger partial charge in [-0.2, -0.15) is 0 Å². The van der Waals surface area contributed by atoms with Crippen molar-refractivity contribution in [3.63, 3.8) is 0 Å². The number of benzene rings is 1. The molecule has 0 bridgehead atoms. The van der Waals surface area contributed by atoms with Gasteiger partial charge in [0.15, 0.2) is 0 Å². The number of carbonyl (C=O) groups is 1. The van der Waals surface area contributed by atoms with Crippen LogP contribution in [0, 0.1) is 5.92 Å². The zero-order valence-electron chi connectivity index (χ0n) is 9.49. The smallest absolute Gasteiger partial charge is 0.234 e. The molecule has 92 valence electrons. The number of hydrogen-bond donors (Lipinski definition) is 2. The maximum Gasteiger partial charge on any atom is 0.234 e. The van der Waals surface area contributed by atoms with Crippen LogP contribution >= 0.6 is 23.8 Å². The van der Waals surface area contributed by atoms with Gasteiger partial charge in [-0.3, -0.25) is 4.79 Å². The molecule has 0 aliphatic carbocycles. The van der Waals surface area contributed by atoms with Crippen LogP contribution in [0.3, 0.4) is 0 Å². The molecule has 0 saturated heterocycles. The van der Waals surface area contributed by atoms with Crippen molar-refractivity contribution >= 4 is 40.4 Å². The van der Waals surface area contributed by atoms with Crippen molar-refractivity contribution in [3.05, 3.63) is 23.2 Å². The first-order valence-corrected chi connectivity index (χ1v) is 5.68. The number of amides is 1. The molecule has 1 aromatic carbocycles. The molecule has 1 unspecified atom stereocenters. The molecular weight excluding hydrogens is 260 g/mol. The van der Waals surface area contributed by atoms with Gasteiger partial charge in [0.2, 0.25) is 5.91 Å². The second-order valence-electron chi connectivity index (χ2n) is 3.46. The Kier molecular flexibility index (Phi) is 4.72. The van der Waals surface area contributed by atoms with Crippen LogP contribution in [0.2, 0.25) is 5.02 Å². The van der Waals surface area contributed by atoms with Gasteiger partial charge in [0.25, 0.3) is 0 Å². The number of nitrogens with one attached hydrogen (secondary N) is 1. The van der Waals surface area contributed by atoms with Crippen LogP contribution in [0.4, 0.5) is 5.69 Å². The van der Waals surface area contributed by atoms with Crippen molar-refractivity contribution in [2.24, 2.45) is 11.7 Å². The second-order valence-corrected chi connectivity index (χ2v) is 4.34. The van der Waals surface area contributed by atoms with Crippen molar-refractivity contribution in [3.8, 4) is 5.75 Å². The summed E-state index contributed by atoms with van der Waals surface area (Å²) in [6.45, 7) is 1.64. The number of anilines is 1. The molecule has 0 fully saturated rings. The van der Waals surface area contributed by atoms with Gasteiger partial charge in [0, 0.05) is 11.8 Å². The Morgan fingerprint density at radius 1 is 1.59 bits per heavy atom. The van der Waals surface area contributed by atoms with Gasteiger partial charge in [-0.05, 0) is 19.1 Å². The summed E-state index contributed by atoms with van der Waals surface area (Å²) in [5.74, 6) is -0.291. The first kappa shape index (κ1) is 13.7. The lowest BCUT2D eigenvalue weighted by atomic mass is 10.1. The van der Waals surface area contributed by atoms with Gasteiger partial charge >= 0.3 is 0 Å². The molecule has 1 aromatic rings. The fourth-order valence-electron chi connectivity index (χ4n) is 1.12. The number of nitrogens with two attached hydrogens (primary N) is 1. The molecule has 1 amide bonds. The van der Waals surface area contributed by atoms with Gasteiger partial charge in [-0.15, -0.1) is 0 Å². The van der Waals surface area contributed by atoms with E-state index in [-0.39, 0.29) is 10.9 Å².